The number of rotatable bonds is 4. The number of ether oxygens (including phenoxy) is 1. The molecule has 1 aromatic rings. The van der Waals surface area contributed by atoms with E-state index in [9.17, 15) is 9.59 Å². The summed E-state index contributed by atoms with van der Waals surface area (Å²) in [6.45, 7) is 3.43. The molecule has 4 nitrogen and oxygen atoms in total. The van der Waals surface area contributed by atoms with Crippen molar-refractivity contribution in [1.29, 1.82) is 0 Å². The molecule has 102 valence electrons. The molecular formula is C15H19NO3. The highest BCUT2D eigenvalue weighted by molar-refractivity contribution is 5.87. The van der Waals surface area contributed by atoms with Crippen LogP contribution in [0.4, 0.5) is 0 Å². The SMILES string of the molecule is CCOC(=O)C1CC(=O)CCN1Cc1ccccc1. The molecule has 1 atom stereocenters. The van der Waals surface area contributed by atoms with Crippen LogP contribution < -0.4 is 0 Å². The van der Waals surface area contributed by atoms with Gasteiger partial charge in [0.1, 0.15) is 11.8 Å². The Morgan fingerprint density at radius 1 is 1.37 bits per heavy atom. The smallest absolute Gasteiger partial charge is 0.323 e. The van der Waals surface area contributed by atoms with E-state index in [1.165, 1.54) is 0 Å². The molecule has 0 bridgehead atoms. The minimum Gasteiger partial charge on any atom is -0.465 e. The van der Waals surface area contributed by atoms with Crippen LogP contribution in [-0.2, 0) is 20.9 Å². The number of esters is 1. The summed E-state index contributed by atoms with van der Waals surface area (Å²) in [4.78, 5) is 25.5. The first-order valence-electron chi connectivity index (χ1n) is 6.67. The van der Waals surface area contributed by atoms with Gasteiger partial charge in [-0.05, 0) is 12.5 Å². The number of hydrogen-bond acceptors (Lipinski definition) is 4. The second-order valence-corrected chi connectivity index (χ2v) is 4.72. The standard InChI is InChI=1S/C15H19NO3/c1-2-19-15(18)14-10-13(17)8-9-16(14)11-12-6-4-3-5-7-12/h3-7,14H,2,8-11H2,1H3. The van der Waals surface area contributed by atoms with Crippen LogP contribution in [0.25, 0.3) is 0 Å². The van der Waals surface area contributed by atoms with Gasteiger partial charge < -0.3 is 4.74 Å². The summed E-state index contributed by atoms with van der Waals surface area (Å²) in [6, 6.07) is 9.54. The molecule has 0 amide bonds. The van der Waals surface area contributed by atoms with Crippen molar-refractivity contribution in [3.63, 3.8) is 0 Å². The van der Waals surface area contributed by atoms with Crippen molar-refractivity contribution in [2.75, 3.05) is 13.2 Å². The highest BCUT2D eigenvalue weighted by atomic mass is 16.5. The fourth-order valence-electron chi connectivity index (χ4n) is 2.35. The lowest BCUT2D eigenvalue weighted by molar-refractivity contribution is -0.153. The third-order valence-electron chi connectivity index (χ3n) is 3.33. The molecular weight excluding hydrogens is 242 g/mol. The van der Waals surface area contributed by atoms with Gasteiger partial charge in [0.15, 0.2) is 0 Å². The third kappa shape index (κ3) is 3.64. The fraction of sp³-hybridized carbons (Fsp3) is 0.467. The van der Waals surface area contributed by atoms with E-state index >= 15 is 0 Å². The van der Waals surface area contributed by atoms with E-state index in [1.54, 1.807) is 6.92 Å². The van der Waals surface area contributed by atoms with Crippen LogP contribution in [-0.4, -0.2) is 35.8 Å². The molecule has 19 heavy (non-hydrogen) atoms. The van der Waals surface area contributed by atoms with Gasteiger partial charge >= 0.3 is 5.97 Å². The zero-order valence-electron chi connectivity index (χ0n) is 11.2. The van der Waals surface area contributed by atoms with Gasteiger partial charge in [-0.2, -0.15) is 0 Å². The number of carbonyl (C=O) groups is 2. The number of carbonyl (C=O) groups excluding carboxylic acids is 2. The molecule has 0 radical (unpaired) electrons. The predicted octanol–water partition coefficient (Wildman–Crippen LogP) is 1.78. The number of ketones is 1. The summed E-state index contributed by atoms with van der Waals surface area (Å²) < 4.78 is 5.06. The van der Waals surface area contributed by atoms with Crippen LogP contribution in [0.1, 0.15) is 25.3 Å². The second kappa shape index (κ2) is 6.48. The number of Topliss-reactive ketones (excluding diaryl/α,β-unsaturated/α-hetero) is 1. The van der Waals surface area contributed by atoms with Gasteiger partial charge in [0.25, 0.3) is 0 Å². The lowest BCUT2D eigenvalue weighted by Crippen LogP contribution is -2.47. The Morgan fingerprint density at radius 2 is 2.11 bits per heavy atom. The minimum absolute atomic E-state index is 0.141. The Kier molecular flexibility index (Phi) is 4.68. The maximum atomic E-state index is 11.9. The van der Waals surface area contributed by atoms with Crippen molar-refractivity contribution >= 4 is 11.8 Å². The van der Waals surface area contributed by atoms with Crippen molar-refractivity contribution in [1.82, 2.24) is 4.90 Å². The van der Waals surface area contributed by atoms with Crippen molar-refractivity contribution in [3.05, 3.63) is 35.9 Å². The third-order valence-corrected chi connectivity index (χ3v) is 3.33. The van der Waals surface area contributed by atoms with Crippen molar-refractivity contribution in [3.8, 4) is 0 Å². The zero-order valence-corrected chi connectivity index (χ0v) is 11.2. The highest BCUT2D eigenvalue weighted by Crippen LogP contribution is 2.18. The highest BCUT2D eigenvalue weighted by Gasteiger charge is 2.33. The van der Waals surface area contributed by atoms with E-state index in [0.29, 0.717) is 26.1 Å². The predicted molar refractivity (Wildman–Crippen MR) is 71.5 cm³/mol. The summed E-state index contributed by atoms with van der Waals surface area (Å²) in [5.74, 6) is -0.145. The Labute approximate surface area is 113 Å². The van der Waals surface area contributed by atoms with Gasteiger partial charge in [-0.1, -0.05) is 30.3 Å². The Hall–Kier alpha value is -1.68. The summed E-state index contributed by atoms with van der Waals surface area (Å²) >= 11 is 0. The van der Waals surface area contributed by atoms with E-state index < -0.39 is 6.04 Å². The fourth-order valence-corrected chi connectivity index (χ4v) is 2.35. The van der Waals surface area contributed by atoms with E-state index in [4.69, 9.17) is 4.74 Å². The largest absolute Gasteiger partial charge is 0.465 e. The van der Waals surface area contributed by atoms with Crippen LogP contribution in [0.5, 0.6) is 0 Å². The van der Waals surface area contributed by atoms with Crippen molar-refractivity contribution < 1.29 is 14.3 Å². The van der Waals surface area contributed by atoms with Crippen molar-refractivity contribution in [2.24, 2.45) is 0 Å². The monoisotopic (exact) mass is 261 g/mol. The first-order valence-corrected chi connectivity index (χ1v) is 6.67. The first-order chi connectivity index (χ1) is 9.20. The molecule has 4 heteroatoms. The van der Waals surface area contributed by atoms with E-state index in [2.05, 4.69) is 0 Å². The lowest BCUT2D eigenvalue weighted by Gasteiger charge is -2.33. The average Bonchev–Trinajstić information content (AvgIpc) is 2.42. The van der Waals surface area contributed by atoms with E-state index in [1.807, 2.05) is 35.2 Å². The first kappa shape index (κ1) is 13.7. The Bertz CT molecular complexity index is 444. The number of nitrogens with zero attached hydrogens (tertiary/aromatic N) is 1. The number of piperidine rings is 1. The molecule has 1 fully saturated rings. The molecule has 1 aromatic carbocycles. The Balaban J connectivity index is 2.07. The topological polar surface area (TPSA) is 46.6 Å². The van der Waals surface area contributed by atoms with Crippen LogP contribution in [0, 0.1) is 0 Å². The summed E-state index contributed by atoms with van der Waals surface area (Å²) in [5.41, 5.74) is 1.14. The maximum Gasteiger partial charge on any atom is 0.323 e. The van der Waals surface area contributed by atoms with Crippen molar-refractivity contribution in [2.45, 2.75) is 32.4 Å². The summed E-state index contributed by atoms with van der Waals surface area (Å²) in [7, 11) is 0. The van der Waals surface area contributed by atoms with E-state index in [0.717, 1.165) is 5.56 Å². The summed E-state index contributed by atoms with van der Waals surface area (Å²) in [6.07, 6.45) is 0.786. The molecule has 0 saturated carbocycles. The number of benzene rings is 1. The molecule has 1 heterocycles. The lowest BCUT2D eigenvalue weighted by atomic mass is 10.00. The quantitative estimate of drug-likeness (QED) is 0.775. The molecule has 1 aliphatic heterocycles. The molecule has 0 spiro atoms. The zero-order chi connectivity index (χ0) is 13.7. The van der Waals surface area contributed by atoms with Gasteiger partial charge in [0.05, 0.1) is 6.61 Å². The summed E-state index contributed by atoms with van der Waals surface area (Å²) in [5, 5.41) is 0. The number of hydrogen-bond donors (Lipinski definition) is 0. The molecule has 1 aliphatic rings. The average molecular weight is 261 g/mol. The molecule has 0 N–H and O–H groups in total. The van der Waals surface area contributed by atoms with Gasteiger partial charge in [0, 0.05) is 25.9 Å². The molecule has 0 aromatic heterocycles. The van der Waals surface area contributed by atoms with Crippen LogP contribution in [0.3, 0.4) is 0 Å². The van der Waals surface area contributed by atoms with Crippen LogP contribution in [0.15, 0.2) is 30.3 Å². The molecule has 2 rings (SSSR count). The van der Waals surface area contributed by atoms with Gasteiger partial charge in [-0.15, -0.1) is 0 Å². The van der Waals surface area contributed by atoms with Gasteiger partial charge in [0.2, 0.25) is 0 Å². The Morgan fingerprint density at radius 3 is 2.79 bits per heavy atom. The normalized spacial score (nSPS) is 20.3. The molecule has 1 unspecified atom stereocenters. The van der Waals surface area contributed by atoms with Crippen LogP contribution in [0.2, 0.25) is 0 Å². The van der Waals surface area contributed by atoms with E-state index in [-0.39, 0.29) is 18.2 Å². The second-order valence-electron chi connectivity index (χ2n) is 4.72. The van der Waals surface area contributed by atoms with Gasteiger partial charge in [-0.25, -0.2) is 0 Å². The van der Waals surface area contributed by atoms with Crippen LogP contribution >= 0.6 is 0 Å². The van der Waals surface area contributed by atoms with Gasteiger partial charge in [-0.3, -0.25) is 14.5 Å². The minimum atomic E-state index is -0.429. The maximum absolute atomic E-state index is 11.9. The molecule has 1 saturated heterocycles. The molecule has 0 aliphatic carbocycles. The number of likely N-dealkylation sites (tertiary alicyclic amines) is 1.